The second-order valence-electron chi connectivity index (χ2n) is 7.05. The number of methoxy groups -OCH3 is 1. The van der Waals surface area contributed by atoms with E-state index in [9.17, 15) is 5.11 Å². The number of hydrogen-bond donors (Lipinski definition) is 1. The Morgan fingerprint density at radius 3 is 2.79 bits per heavy atom. The summed E-state index contributed by atoms with van der Waals surface area (Å²) in [7, 11) is 1.58. The lowest BCUT2D eigenvalue weighted by atomic mass is 9.84. The number of para-hydroxylation sites is 1. The number of nitrogens with zero attached hydrogens (tertiary/aromatic N) is 2. The monoisotopic (exact) mass is 372 g/mol. The molecule has 0 saturated heterocycles. The minimum absolute atomic E-state index is 0.0891. The summed E-state index contributed by atoms with van der Waals surface area (Å²) < 4.78 is 11.6. The van der Waals surface area contributed by atoms with Crippen LogP contribution in [-0.4, -0.2) is 28.3 Å². The lowest BCUT2D eigenvalue weighted by Gasteiger charge is -2.20. The quantitative estimate of drug-likeness (QED) is 0.674. The molecule has 1 aliphatic heterocycles. The zero-order valence-corrected chi connectivity index (χ0v) is 15.5. The highest BCUT2D eigenvalue weighted by Crippen LogP contribution is 2.48. The minimum atomic E-state index is 0.0891. The number of aromatic nitrogens is 2. The molecule has 0 amide bonds. The lowest BCUT2D eigenvalue weighted by molar-refractivity contribution is 0.244. The fourth-order valence-corrected chi connectivity index (χ4v) is 4.08. The molecule has 0 spiro atoms. The van der Waals surface area contributed by atoms with Gasteiger partial charge in [-0.3, -0.25) is 0 Å². The van der Waals surface area contributed by atoms with Crippen molar-refractivity contribution >= 4 is 0 Å². The number of fused-ring (bicyclic) bond motifs is 3. The van der Waals surface area contributed by atoms with E-state index < -0.39 is 0 Å². The van der Waals surface area contributed by atoms with Crippen LogP contribution in [0, 0.1) is 0 Å². The summed E-state index contributed by atoms with van der Waals surface area (Å²) in [5.74, 6) is 2.27. The largest absolute Gasteiger partial charge is 0.507 e. The standard InChI is InChI=1S/C23H20N2O3/c1-27-21-13-17(24-23(25-21)15-7-2-4-10-18(15)26)14-9-6-12-20-22(14)16-8-3-5-11-19(16)28-20/h2,4-7,9-13,16,19,26H,3,8H2,1H3. The maximum atomic E-state index is 10.2. The molecule has 2 atom stereocenters. The molecule has 5 nitrogen and oxygen atoms in total. The Bertz CT molecular complexity index is 1080. The van der Waals surface area contributed by atoms with Crippen molar-refractivity contribution in [1.29, 1.82) is 0 Å². The van der Waals surface area contributed by atoms with Crippen molar-refractivity contribution in [3.8, 4) is 40.0 Å². The van der Waals surface area contributed by atoms with Gasteiger partial charge < -0.3 is 14.6 Å². The summed E-state index contributed by atoms with van der Waals surface area (Å²) in [6.45, 7) is 0. The summed E-state index contributed by atoms with van der Waals surface area (Å²) in [5, 5.41) is 10.2. The van der Waals surface area contributed by atoms with Crippen molar-refractivity contribution in [2.24, 2.45) is 0 Å². The molecule has 28 heavy (non-hydrogen) atoms. The zero-order chi connectivity index (χ0) is 19.1. The average Bonchev–Trinajstić information content (AvgIpc) is 3.12. The summed E-state index contributed by atoms with van der Waals surface area (Å²) >= 11 is 0. The lowest BCUT2D eigenvalue weighted by Crippen LogP contribution is -2.18. The van der Waals surface area contributed by atoms with Crippen LogP contribution in [0.3, 0.4) is 0 Å². The van der Waals surface area contributed by atoms with Crippen LogP contribution in [-0.2, 0) is 0 Å². The second-order valence-corrected chi connectivity index (χ2v) is 7.05. The molecule has 1 aliphatic carbocycles. The van der Waals surface area contributed by atoms with Crippen molar-refractivity contribution in [3.63, 3.8) is 0 Å². The van der Waals surface area contributed by atoms with Crippen LogP contribution in [0.4, 0.5) is 0 Å². The van der Waals surface area contributed by atoms with Gasteiger partial charge in [0.1, 0.15) is 17.6 Å². The number of ether oxygens (including phenoxy) is 2. The van der Waals surface area contributed by atoms with Gasteiger partial charge in [0.25, 0.3) is 0 Å². The van der Waals surface area contributed by atoms with Crippen molar-refractivity contribution < 1.29 is 14.6 Å². The molecule has 2 heterocycles. The molecule has 0 fully saturated rings. The highest BCUT2D eigenvalue weighted by Gasteiger charge is 2.36. The SMILES string of the molecule is COc1cc(-c2cccc3c2C2CCC=CC2O3)nc(-c2ccccc2O)n1. The molecule has 0 saturated carbocycles. The number of benzene rings is 2. The first-order valence-electron chi connectivity index (χ1n) is 9.42. The van der Waals surface area contributed by atoms with Crippen LogP contribution >= 0.6 is 0 Å². The highest BCUT2D eigenvalue weighted by molar-refractivity contribution is 5.73. The number of phenolic OH excluding ortho intramolecular Hbond substituents is 1. The third-order valence-corrected chi connectivity index (χ3v) is 5.40. The van der Waals surface area contributed by atoms with Crippen LogP contribution in [0.2, 0.25) is 0 Å². The molecule has 0 bridgehead atoms. The summed E-state index contributed by atoms with van der Waals surface area (Å²) in [6.07, 6.45) is 6.54. The van der Waals surface area contributed by atoms with E-state index in [0.29, 0.717) is 23.2 Å². The minimum Gasteiger partial charge on any atom is -0.507 e. The van der Waals surface area contributed by atoms with Crippen LogP contribution in [0.15, 0.2) is 60.7 Å². The van der Waals surface area contributed by atoms with Gasteiger partial charge in [0, 0.05) is 23.1 Å². The van der Waals surface area contributed by atoms with Crippen LogP contribution in [0.25, 0.3) is 22.6 Å². The van der Waals surface area contributed by atoms with Gasteiger partial charge in [0.2, 0.25) is 5.88 Å². The second kappa shape index (κ2) is 6.68. The molecule has 5 rings (SSSR count). The number of hydrogen-bond acceptors (Lipinski definition) is 5. The van der Waals surface area contributed by atoms with Gasteiger partial charge >= 0.3 is 0 Å². The molecule has 2 aliphatic rings. The predicted molar refractivity (Wildman–Crippen MR) is 107 cm³/mol. The predicted octanol–water partition coefficient (Wildman–Crippen LogP) is 4.72. The third kappa shape index (κ3) is 2.71. The van der Waals surface area contributed by atoms with Crippen molar-refractivity contribution in [2.45, 2.75) is 24.9 Å². The smallest absolute Gasteiger partial charge is 0.217 e. The van der Waals surface area contributed by atoms with Gasteiger partial charge in [-0.1, -0.05) is 30.3 Å². The van der Waals surface area contributed by atoms with Crippen LogP contribution in [0.1, 0.15) is 24.3 Å². The molecular weight excluding hydrogens is 352 g/mol. The van der Waals surface area contributed by atoms with E-state index in [1.165, 1.54) is 5.56 Å². The topological polar surface area (TPSA) is 64.5 Å². The Kier molecular flexibility index (Phi) is 4.01. The third-order valence-electron chi connectivity index (χ3n) is 5.40. The van der Waals surface area contributed by atoms with Crippen LogP contribution in [0.5, 0.6) is 17.4 Å². The van der Waals surface area contributed by atoms with E-state index in [-0.39, 0.29) is 11.9 Å². The maximum absolute atomic E-state index is 10.2. The van der Waals surface area contributed by atoms with E-state index in [1.807, 2.05) is 24.3 Å². The fourth-order valence-electron chi connectivity index (χ4n) is 4.08. The highest BCUT2D eigenvalue weighted by atomic mass is 16.5. The zero-order valence-electron chi connectivity index (χ0n) is 15.5. The number of phenols is 1. The first-order chi connectivity index (χ1) is 13.7. The Morgan fingerprint density at radius 2 is 1.93 bits per heavy atom. The Morgan fingerprint density at radius 1 is 1.07 bits per heavy atom. The van der Waals surface area contributed by atoms with E-state index in [1.54, 1.807) is 25.3 Å². The molecule has 0 radical (unpaired) electrons. The molecule has 5 heteroatoms. The number of rotatable bonds is 3. The molecule has 1 N–H and O–H groups in total. The molecular formula is C23H20N2O3. The van der Waals surface area contributed by atoms with Gasteiger partial charge in [0.15, 0.2) is 5.82 Å². The number of aromatic hydroxyl groups is 1. The molecule has 1 aromatic heterocycles. The molecule has 3 aromatic rings. The Labute approximate surface area is 163 Å². The van der Waals surface area contributed by atoms with E-state index in [0.717, 1.165) is 29.8 Å². The average molecular weight is 372 g/mol. The van der Waals surface area contributed by atoms with Crippen molar-refractivity contribution in [1.82, 2.24) is 9.97 Å². The number of allylic oxidation sites excluding steroid dienone is 1. The van der Waals surface area contributed by atoms with E-state index in [4.69, 9.17) is 14.5 Å². The van der Waals surface area contributed by atoms with E-state index in [2.05, 4.69) is 23.2 Å². The normalized spacial score (nSPS) is 19.6. The Hall–Kier alpha value is -3.34. The van der Waals surface area contributed by atoms with Crippen molar-refractivity contribution in [3.05, 3.63) is 66.2 Å². The molecule has 2 aromatic carbocycles. The molecule has 2 unspecified atom stereocenters. The van der Waals surface area contributed by atoms with Gasteiger partial charge in [-0.2, -0.15) is 4.98 Å². The first kappa shape index (κ1) is 16.8. The van der Waals surface area contributed by atoms with Crippen molar-refractivity contribution in [2.75, 3.05) is 7.11 Å². The van der Waals surface area contributed by atoms with Gasteiger partial charge in [-0.25, -0.2) is 4.98 Å². The van der Waals surface area contributed by atoms with Crippen LogP contribution < -0.4 is 9.47 Å². The maximum Gasteiger partial charge on any atom is 0.217 e. The van der Waals surface area contributed by atoms with Gasteiger partial charge in [-0.05, 0) is 37.1 Å². The van der Waals surface area contributed by atoms with Gasteiger partial charge in [0.05, 0.1) is 18.4 Å². The fraction of sp³-hybridized carbons (Fsp3) is 0.217. The first-order valence-corrected chi connectivity index (χ1v) is 9.42. The summed E-state index contributed by atoms with van der Waals surface area (Å²) in [4.78, 5) is 9.22. The van der Waals surface area contributed by atoms with Gasteiger partial charge in [-0.15, -0.1) is 0 Å². The van der Waals surface area contributed by atoms with E-state index >= 15 is 0 Å². The summed E-state index contributed by atoms with van der Waals surface area (Å²) in [5.41, 5.74) is 3.56. The molecule has 140 valence electrons. The summed E-state index contributed by atoms with van der Waals surface area (Å²) in [6, 6.07) is 15.0. The Balaban J connectivity index is 1.68.